The van der Waals surface area contributed by atoms with Gasteiger partial charge in [0.05, 0.1) is 5.52 Å². The molecule has 0 spiro atoms. The summed E-state index contributed by atoms with van der Waals surface area (Å²) in [5.41, 5.74) is 1.65. The Labute approximate surface area is 126 Å². The van der Waals surface area contributed by atoms with Gasteiger partial charge in [-0.2, -0.15) is 0 Å². The van der Waals surface area contributed by atoms with Crippen molar-refractivity contribution in [3.8, 4) is 0 Å². The van der Waals surface area contributed by atoms with Crippen molar-refractivity contribution < 1.29 is 9.53 Å². The fraction of sp³-hybridized carbons (Fsp3) is 0.500. The van der Waals surface area contributed by atoms with Crippen molar-refractivity contribution in [2.75, 3.05) is 0 Å². The summed E-state index contributed by atoms with van der Waals surface area (Å²) < 4.78 is 7.14. The van der Waals surface area contributed by atoms with E-state index in [4.69, 9.17) is 4.74 Å². The summed E-state index contributed by atoms with van der Waals surface area (Å²) in [7, 11) is 0. The fourth-order valence-electron chi connectivity index (χ4n) is 2.39. The van der Waals surface area contributed by atoms with Gasteiger partial charge in [-0.15, -0.1) is 0 Å². The molecule has 0 amide bonds. The van der Waals surface area contributed by atoms with Gasteiger partial charge in [-0.05, 0) is 44.7 Å². The van der Waals surface area contributed by atoms with Crippen LogP contribution in [0.2, 0.25) is 0 Å². The van der Waals surface area contributed by atoms with Crippen LogP contribution < -0.4 is 0 Å². The summed E-state index contributed by atoms with van der Waals surface area (Å²) in [6, 6.07) is 8.02. The molecular weight excluding hydrogens is 262 g/mol. The smallest absolute Gasteiger partial charge is 0.419 e. The van der Waals surface area contributed by atoms with Gasteiger partial charge >= 0.3 is 6.09 Å². The number of hydrogen-bond donors (Lipinski definition) is 0. The Balaban J connectivity index is 2.42. The van der Waals surface area contributed by atoms with Crippen LogP contribution in [-0.2, 0) is 11.2 Å². The summed E-state index contributed by atoms with van der Waals surface area (Å²) in [6.07, 6.45) is 3.73. The molecule has 2 aromatic rings. The van der Waals surface area contributed by atoms with Crippen molar-refractivity contribution in [1.82, 2.24) is 4.57 Å². The molecular formula is C18H25NO2. The molecule has 0 saturated carbocycles. The van der Waals surface area contributed by atoms with E-state index in [1.807, 2.05) is 45.2 Å². The molecule has 21 heavy (non-hydrogen) atoms. The Morgan fingerprint density at radius 3 is 2.57 bits per heavy atom. The quantitative estimate of drug-likeness (QED) is 0.794. The molecule has 2 rings (SSSR count). The Morgan fingerprint density at radius 1 is 1.29 bits per heavy atom. The average Bonchev–Trinajstić information content (AvgIpc) is 2.76. The molecule has 114 valence electrons. The first-order valence-corrected chi connectivity index (χ1v) is 7.64. The lowest BCUT2D eigenvalue weighted by molar-refractivity contribution is 0.0544. The molecule has 0 saturated heterocycles. The number of carbonyl (C=O) groups excluding carboxylic acids is 1. The van der Waals surface area contributed by atoms with Crippen molar-refractivity contribution in [3.63, 3.8) is 0 Å². The van der Waals surface area contributed by atoms with Gasteiger partial charge in [-0.25, -0.2) is 4.79 Å². The molecule has 0 aliphatic heterocycles. The number of rotatable bonds is 3. The van der Waals surface area contributed by atoms with Gasteiger partial charge in [-0.3, -0.25) is 4.57 Å². The van der Waals surface area contributed by atoms with E-state index in [0.717, 1.165) is 23.7 Å². The number of benzene rings is 1. The van der Waals surface area contributed by atoms with Gasteiger partial charge in [0, 0.05) is 11.6 Å². The minimum Gasteiger partial charge on any atom is -0.443 e. The van der Waals surface area contributed by atoms with Crippen LogP contribution >= 0.6 is 0 Å². The van der Waals surface area contributed by atoms with E-state index in [-0.39, 0.29) is 6.09 Å². The predicted octanol–water partition coefficient (Wildman–Crippen LogP) is 5.01. The second-order valence-corrected chi connectivity index (χ2v) is 6.74. The Morgan fingerprint density at radius 2 is 1.95 bits per heavy atom. The van der Waals surface area contributed by atoms with Gasteiger partial charge < -0.3 is 4.74 Å². The maximum atomic E-state index is 12.4. The van der Waals surface area contributed by atoms with Crippen LogP contribution in [0.5, 0.6) is 0 Å². The minimum atomic E-state index is -0.487. The van der Waals surface area contributed by atoms with E-state index >= 15 is 0 Å². The summed E-state index contributed by atoms with van der Waals surface area (Å²) in [6.45, 7) is 10.1. The first kappa shape index (κ1) is 15.6. The number of ether oxygens (including phenoxy) is 1. The van der Waals surface area contributed by atoms with E-state index in [2.05, 4.69) is 19.9 Å². The molecule has 0 aliphatic rings. The molecule has 1 atom stereocenters. The molecule has 0 bridgehead atoms. The summed E-state index contributed by atoms with van der Waals surface area (Å²) in [5, 5.41) is 1.14. The van der Waals surface area contributed by atoms with E-state index < -0.39 is 5.60 Å². The van der Waals surface area contributed by atoms with Gasteiger partial charge in [0.15, 0.2) is 0 Å². The number of carbonyl (C=O) groups is 1. The van der Waals surface area contributed by atoms with Crippen LogP contribution in [0.15, 0.2) is 30.5 Å². The molecule has 3 heteroatoms. The highest BCUT2D eigenvalue weighted by atomic mass is 16.6. The topological polar surface area (TPSA) is 31.2 Å². The largest absolute Gasteiger partial charge is 0.443 e. The minimum absolute atomic E-state index is 0.311. The molecule has 0 aliphatic carbocycles. The third-order valence-corrected chi connectivity index (χ3v) is 3.65. The molecule has 1 heterocycles. The monoisotopic (exact) mass is 287 g/mol. The predicted molar refractivity (Wildman–Crippen MR) is 86.7 cm³/mol. The van der Waals surface area contributed by atoms with Crippen LogP contribution in [0, 0.1) is 5.92 Å². The van der Waals surface area contributed by atoms with Crippen LogP contribution in [0.1, 0.15) is 46.6 Å². The summed E-state index contributed by atoms with van der Waals surface area (Å²) in [5.74, 6) is 0.600. The van der Waals surface area contributed by atoms with Crippen LogP contribution in [0.4, 0.5) is 4.79 Å². The van der Waals surface area contributed by atoms with Gasteiger partial charge in [0.25, 0.3) is 0 Å². The number of hydrogen-bond acceptors (Lipinski definition) is 2. The Kier molecular flexibility index (Phi) is 4.40. The van der Waals surface area contributed by atoms with E-state index in [9.17, 15) is 4.79 Å². The second-order valence-electron chi connectivity index (χ2n) is 6.74. The van der Waals surface area contributed by atoms with Crippen molar-refractivity contribution in [2.45, 2.75) is 53.1 Å². The number of para-hydroxylation sites is 1. The lowest BCUT2D eigenvalue weighted by Crippen LogP contribution is -2.26. The van der Waals surface area contributed by atoms with Crippen molar-refractivity contribution in [3.05, 3.63) is 36.0 Å². The van der Waals surface area contributed by atoms with Crippen LogP contribution in [-0.4, -0.2) is 16.3 Å². The van der Waals surface area contributed by atoms with Gasteiger partial charge in [0.2, 0.25) is 0 Å². The molecule has 0 N–H and O–H groups in total. The average molecular weight is 287 g/mol. The Bertz CT molecular complexity index is 634. The number of fused-ring (bicyclic) bond motifs is 1. The molecule has 1 unspecified atom stereocenters. The SMILES string of the molecule is CCC(C)Cc1cn(C(=O)OC(C)(C)C)c2ccccc12. The fourth-order valence-corrected chi connectivity index (χ4v) is 2.39. The van der Waals surface area contributed by atoms with E-state index in [1.54, 1.807) is 4.57 Å². The highest BCUT2D eigenvalue weighted by Gasteiger charge is 2.20. The second kappa shape index (κ2) is 5.92. The maximum Gasteiger partial charge on any atom is 0.419 e. The van der Waals surface area contributed by atoms with Crippen LogP contribution in [0.25, 0.3) is 10.9 Å². The van der Waals surface area contributed by atoms with Crippen molar-refractivity contribution in [1.29, 1.82) is 0 Å². The summed E-state index contributed by atoms with van der Waals surface area (Å²) >= 11 is 0. The molecule has 0 radical (unpaired) electrons. The van der Waals surface area contributed by atoms with E-state index in [0.29, 0.717) is 5.92 Å². The maximum absolute atomic E-state index is 12.4. The third-order valence-electron chi connectivity index (χ3n) is 3.65. The molecule has 3 nitrogen and oxygen atoms in total. The zero-order chi connectivity index (χ0) is 15.6. The van der Waals surface area contributed by atoms with Crippen molar-refractivity contribution in [2.24, 2.45) is 5.92 Å². The third kappa shape index (κ3) is 3.66. The number of nitrogens with zero attached hydrogens (tertiary/aromatic N) is 1. The molecule has 1 aromatic heterocycles. The molecule has 0 fully saturated rings. The van der Waals surface area contributed by atoms with Crippen molar-refractivity contribution >= 4 is 17.0 Å². The molecule has 1 aromatic carbocycles. The zero-order valence-corrected chi connectivity index (χ0v) is 13.6. The van der Waals surface area contributed by atoms with Gasteiger partial charge in [0.1, 0.15) is 5.60 Å². The highest BCUT2D eigenvalue weighted by molar-refractivity contribution is 5.92. The standard InChI is InChI=1S/C18H25NO2/c1-6-13(2)11-14-12-19(17(20)21-18(3,4)5)16-10-8-7-9-15(14)16/h7-10,12-13H,6,11H2,1-5H3. The Hall–Kier alpha value is -1.77. The van der Waals surface area contributed by atoms with Crippen LogP contribution in [0.3, 0.4) is 0 Å². The highest BCUT2D eigenvalue weighted by Crippen LogP contribution is 2.25. The lowest BCUT2D eigenvalue weighted by Gasteiger charge is -2.19. The lowest BCUT2D eigenvalue weighted by atomic mass is 9.99. The number of aromatic nitrogens is 1. The summed E-state index contributed by atoms with van der Waals surface area (Å²) in [4.78, 5) is 12.4. The first-order chi connectivity index (χ1) is 9.81. The normalized spacial score (nSPS) is 13.4. The first-order valence-electron chi connectivity index (χ1n) is 7.64. The van der Waals surface area contributed by atoms with E-state index in [1.165, 1.54) is 5.56 Å². The zero-order valence-electron chi connectivity index (χ0n) is 13.6. The van der Waals surface area contributed by atoms with Gasteiger partial charge in [-0.1, -0.05) is 38.5 Å².